The molecule has 0 atom stereocenters. The number of para-hydroxylation sites is 1. The molecule has 0 bridgehead atoms. The van der Waals surface area contributed by atoms with Crippen LogP contribution in [0.4, 0.5) is 11.4 Å². The standard InChI is InChI=1S/C22H20N6O3/c1-27-12-10-19(25-27)21(29)23-16-6-5-7-17(14-16)24-22(30)20-11-13-28(26-20)15-31-18-8-3-2-4-9-18/h2-14H,15H2,1H3,(H,23,29)(H,24,30). The molecule has 0 aliphatic rings. The zero-order valence-electron chi connectivity index (χ0n) is 16.7. The van der Waals surface area contributed by atoms with Crippen molar-refractivity contribution < 1.29 is 14.3 Å². The Kier molecular flexibility index (Phi) is 5.75. The van der Waals surface area contributed by atoms with Crippen LogP contribution in [-0.4, -0.2) is 31.4 Å². The highest BCUT2D eigenvalue weighted by Gasteiger charge is 2.12. The molecule has 2 aromatic heterocycles. The van der Waals surface area contributed by atoms with E-state index in [1.807, 2.05) is 30.3 Å². The van der Waals surface area contributed by atoms with Crippen molar-refractivity contribution in [1.29, 1.82) is 0 Å². The number of aryl methyl sites for hydroxylation is 1. The first-order chi connectivity index (χ1) is 15.1. The van der Waals surface area contributed by atoms with Gasteiger partial charge in [0.25, 0.3) is 11.8 Å². The lowest BCUT2D eigenvalue weighted by Crippen LogP contribution is -2.15. The summed E-state index contributed by atoms with van der Waals surface area (Å²) in [5.74, 6) is 0.0152. The molecular weight excluding hydrogens is 396 g/mol. The number of nitrogens with zero attached hydrogens (tertiary/aromatic N) is 4. The van der Waals surface area contributed by atoms with Crippen LogP contribution in [0.25, 0.3) is 0 Å². The van der Waals surface area contributed by atoms with Crippen molar-refractivity contribution in [1.82, 2.24) is 19.6 Å². The Balaban J connectivity index is 1.36. The van der Waals surface area contributed by atoms with E-state index < -0.39 is 0 Å². The first-order valence-corrected chi connectivity index (χ1v) is 9.50. The molecule has 0 unspecified atom stereocenters. The fourth-order valence-electron chi connectivity index (χ4n) is 2.81. The third kappa shape index (κ3) is 5.15. The zero-order chi connectivity index (χ0) is 21.6. The summed E-state index contributed by atoms with van der Waals surface area (Å²) in [4.78, 5) is 24.8. The molecule has 31 heavy (non-hydrogen) atoms. The first kappa shape index (κ1) is 19.9. The van der Waals surface area contributed by atoms with Gasteiger partial charge in [-0.25, -0.2) is 4.68 Å². The average molecular weight is 416 g/mol. The third-order valence-corrected chi connectivity index (χ3v) is 4.30. The fraction of sp³-hybridized carbons (Fsp3) is 0.0909. The van der Waals surface area contributed by atoms with Gasteiger partial charge < -0.3 is 15.4 Å². The van der Waals surface area contributed by atoms with Gasteiger partial charge in [0.2, 0.25) is 0 Å². The van der Waals surface area contributed by atoms with Crippen LogP contribution in [0.1, 0.15) is 21.0 Å². The summed E-state index contributed by atoms with van der Waals surface area (Å²) in [6.45, 7) is 0.187. The first-order valence-electron chi connectivity index (χ1n) is 9.50. The van der Waals surface area contributed by atoms with Gasteiger partial charge in [-0.15, -0.1) is 0 Å². The maximum atomic E-state index is 12.5. The predicted octanol–water partition coefficient (Wildman–Crippen LogP) is 3.16. The number of ether oxygens (including phenoxy) is 1. The molecule has 0 saturated carbocycles. The minimum atomic E-state index is -0.369. The molecule has 156 valence electrons. The molecule has 0 radical (unpaired) electrons. The van der Waals surface area contributed by atoms with Crippen molar-refractivity contribution >= 4 is 23.2 Å². The maximum absolute atomic E-state index is 12.5. The van der Waals surface area contributed by atoms with Crippen LogP contribution < -0.4 is 15.4 Å². The van der Waals surface area contributed by atoms with Crippen LogP contribution in [0.15, 0.2) is 79.1 Å². The quantitative estimate of drug-likeness (QED) is 0.482. The van der Waals surface area contributed by atoms with Gasteiger partial charge in [0.05, 0.1) is 0 Å². The molecule has 0 aliphatic heterocycles. The van der Waals surface area contributed by atoms with E-state index in [0.29, 0.717) is 22.8 Å². The summed E-state index contributed by atoms with van der Waals surface area (Å²) in [5.41, 5.74) is 1.62. The number of aromatic nitrogens is 4. The Morgan fingerprint density at radius 2 is 1.48 bits per heavy atom. The molecule has 2 aromatic carbocycles. The molecular formula is C22H20N6O3. The van der Waals surface area contributed by atoms with E-state index in [-0.39, 0.29) is 24.2 Å². The highest BCUT2D eigenvalue weighted by Crippen LogP contribution is 2.17. The maximum Gasteiger partial charge on any atom is 0.276 e. The molecule has 0 aliphatic carbocycles. The summed E-state index contributed by atoms with van der Waals surface area (Å²) < 4.78 is 8.70. The van der Waals surface area contributed by atoms with Crippen molar-refractivity contribution in [2.45, 2.75) is 6.73 Å². The molecule has 4 rings (SSSR count). The number of amides is 2. The number of anilines is 2. The summed E-state index contributed by atoms with van der Waals surface area (Å²) in [5, 5.41) is 13.8. The van der Waals surface area contributed by atoms with Gasteiger partial charge in [0.1, 0.15) is 5.75 Å². The second kappa shape index (κ2) is 8.95. The van der Waals surface area contributed by atoms with E-state index in [1.165, 1.54) is 4.68 Å². The Bertz CT molecular complexity index is 1200. The lowest BCUT2D eigenvalue weighted by Gasteiger charge is -2.08. The third-order valence-electron chi connectivity index (χ3n) is 4.30. The number of carbonyl (C=O) groups excluding carboxylic acids is 2. The van der Waals surface area contributed by atoms with Crippen molar-refractivity contribution in [2.75, 3.05) is 10.6 Å². The monoisotopic (exact) mass is 416 g/mol. The number of rotatable bonds is 7. The van der Waals surface area contributed by atoms with Crippen LogP contribution in [0.3, 0.4) is 0 Å². The average Bonchev–Trinajstić information content (AvgIpc) is 3.42. The van der Waals surface area contributed by atoms with Gasteiger partial charge in [0, 0.05) is 30.8 Å². The fourth-order valence-corrected chi connectivity index (χ4v) is 2.81. The van der Waals surface area contributed by atoms with Crippen molar-refractivity contribution in [3.63, 3.8) is 0 Å². The van der Waals surface area contributed by atoms with E-state index in [2.05, 4.69) is 20.8 Å². The number of hydrogen-bond acceptors (Lipinski definition) is 5. The molecule has 2 N–H and O–H groups in total. The number of carbonyl (C=O) groups is 2. The molecule has 2 amide bonds. The molecule has 2 heterocycles. The molecule has 0 fully saturated rings. The van der Waals surface area contributed by atoms with Gasteiger partial charge in [-0.3, -0.25) is 14.3 Å². The number of benzene rings is 2. The lowest BCUT2D eigenvalue weighted by molar-refractivity contribution is 0.101. The Labute approximate surface area is 178 Å². The van der Waals surface area contributed by atoms with Gasteiger partial charge in [-0.05, 0) is 42.5 Å². The van der Waals surface area contributed by atoms with Gasteiger partial charge in [-0.2, -0.15) is 10.2 Å². The number of nitrogens with one attached hydrogen (secondary N) is 2. The van der Waals surface area contributed by atoms with Crippen molar-refractivity contribution in [3.05, 3.63) is 90.5 Å². The number of hydrogen-bond donors (Lipinski definition) is 2. The summed E-state index contributed by atoms with van der Waals surface area (Å²) >= 11 is 0. The highest BCUT2D eigenvalue weighted by atomic mass is 16.5. The zero-order valence-corrected chi connectivity index (χ0v) is 16.7. The molecule has 4 aromatic rings. The summed E-state index contributed by atoms with van der Waals surface area (Å²) in [7, 11) is 1.74. The van der Waals surface area contributed by atoms with E-state index in [9.17, 15) is 9.59 Å². The Hall–Kier alpha value is -4.40. The SMILES string of the molecule is Cn1ccc(C(=O)Nc2cccc(NC(=O)c3ccn(COc4ccccc4)n3)c2)n1. The lowest BCUT2D eigenvalue weighted by atomic mass is 10.2. The van der Waals surface area contributed by atoms with Crippen LogP contribution in [-0.2, 0) is 13.8 Å². The summed E-state index contributed by atoms with van der Waals surface area (Å²) in [6, 6.07) is 19.4. The Morgan fingerprint density at radius 1 is 0.839 bits per heavy atom. The van der Waals surface area contributed by atoms with Gasteiger partial charge in [-0.1, -0.05) is 24.3 Å². The van der Waals surface area contributed by atoms with Gasteiger partial charge in [0.15, 0.2) is 18.1 Å². The normalized spacial score (nSPS) is 10.5. The smallest absolute Gasteiger partial charge is 0.276 e. The van der Waals surface area contributed by atoms with E-state index in [0.717, 1.165) is 0 Å². The minimum Gasteiger partial charge on any atom is -0.471 e. The van der Waals surface area contributed by atoms with E-state index in [4.69, 9.17) is 4.74 Å². The predicted molar refractivity (Wildman–Crippen MR) is 115 cm³/mol. The van der Waals surface area contributed by atoms with Crippen LogP contribution in [0.2, 0.25) is 0 Å². The largest absolute Gasteiger partial charge is 0.471 e. The molecule has 9 heteroatoms. The topological polar surface area (TPSA) is 103 Å². The van der Waals surface area contributed by atoms with Gasteiger partial charge >= 0.3 is 0 Å². The van der Waals surface area contributed by atoms with Crippen molar-refractivity contribution in [3.8, 4) is 5.75 Å². The van der Waals surface area contributed by atoms with Crippen LogP contribution in [0.5, 0.6) is 5.75 Å². The second-order valence-electron chi connectivity index (χ2n) is 6.69. The van der Waals surface area contributed by atoms with E-state index in [1.54, 1.807) is 60.5 Å². The highest BCUT2D eigenvalue weighted by molar-refractivity contribution is 6.05. The van der Waals surface area contributed by atoms with Crippen LogP contribution in [0, 0.1) is 0 Å². The van der Waals surface area contributed by atoms with E-state index >= 15 is 0 Å². The van der Waals surface area contributed by atoms with Crippen LogP contribution >= 0.6 is 0 Å². The second-order valence-corrected chi connectivity index (χ2v) is 6.69. The summed E-state index contributed by atoms with van der Waals surface area (Å²) in [6.07, 6.45) is 3.36. The molecule has 9 nitrogen and oxygen atoms in total. The molecule has 0 saturated heterocycles. The Morgan fingerprint density at radius 3 is 2.13 bits per heavy atom. The molecule has 0 spiro atoms. The van der Waals surface area contributed by atoms with Crippen molar-refractivity contribution in [2.24, 2.45) is 7.05 Å². The minimum absolute atomic E-state index is 0.187.